The van der Waals surface area contributed by atoms with Gasteiger partial charge in [-0.3, -0.25) is 0 Å². The molecule has 0 aromatic heterocycles. The number of carbonyl (C=O) groups is 1. The Bertz CT molecular complexity index is 465. The predicted molar refractivity (Wildman–Crippen MR) is 85.1 cm³/mol. The molecule has 0 heterocycles. The fraction of sp³-hybridized carbons (Fsp3) is 0.562. The summed E-state index contributed by atoms with van der Waals surface area (Å²) in [6.07, 6.45) is 0. The van der Waals surface area contributed by atoms with Crippen LogP contribution in [-0.4, -0.2) is 39.7 Å². The number of carbonyl (C=O) groups excluding carboxylic acids is 1. The lowest BCUT2D eigenvalue weighted by Crippen LogP contribution is -2.38. The number of methoxy groups -OCH3 is 1. The van der Waals surface area contributed by atoms with Crippen molar-refractivity contribution in [3.05, 3.63) is 29.3 Å². The number of amides is 2. The van der Waals surface area contributed by atoms with Crippen molar-refractivity contribution in [2.75, 3.05) is 33.7 Å². The molecule has 0 radical (unpaired) electrons. The van der Waals surface area contributed by atoms with Gasteiger partial charge < -0.3 is 24.8 Å². The van der Waals surface area contributed by atoms with Gasteiger partial charge in [0.2, 0.25) is 0 Å². The third-order valence-corrected chi connectivity index (χ3v) is 3.05. The highest BCUT2D eigenvalue weighted by Gasteiger charge is 2.14. The normalized spacial score (nSPS) is 11.8. The van der Waals surface area contributed by atoms with Crippen molar-refractivity contribution in [1.29, 1.82) is 0 Å². The predicted octanol–water partition coefficient (Wildman–Crippen LogP) is 2.37. The average molecular weight is 310 g/mol. The fourth-order valence-electron chi connectivity index (χ4n) is 1.95. The van der Waals surface area contributed by atoms with Crippen molar-refractivity contribution in [2.24, 2.45) is 0 Å². The van der Waals surface area contributed by atoms with Crippen LogP contribution in [0.5, 0.6) is 5.75 Å². The number of nitrogens with one attached hydrogen (secondary N) is 2. The van der Waals surface area contributed by atoms with Gasteiger partial charge in [-0.2, -0.15) is 0 Å². The molecule has 1 unspecified atom stereocenters. The molecule has 0 aliphatic heterocycles. The van der Waals surface area contributed by atoms with E-state index in [-0.39, 0.29) is 18.8 Å². The number of benzene rings is 1. The first-order valence-corrected chi connectivity index (χ1v) is 7.42. The van der Waals surface area contributed by atoms with Crippen LogP contribution in [0.3, 0.4) is 0 Å². The molecule has 0 spiro atoms. The second-order valence-corrected chi connectivity index (χ2v) is 4.89. The zero-order valence-electron chi connectivity index (χ0n) is 13.8. The molecule has 0 aliphatic carbocycles. The molecule has 124 valence electrons. The highest BCUT2D eigenvalue weighted by molar-refractivity contribution is 5.74. The summed E-state index contributed by atoms with van der Waals surface area (Å²) in [7, 11) is 1.60. The summed E-state index contributed by atoms with van der Waals surface area (Å²) in [6.45, 7) is 7.54. The summed E-state index contributed by atoms with van der Waals surface area (Å²) in [4.78, 5) is 11.8. The Balaban J connectivity index is 2.51. The van der Waals surface area contributed by atoms with Gasteiger partial charge >= 0.3 is 6.03 Å². The Morgan fingerprint density at radius 2 is 2.09 bits per heavy atom. The Kier molecular flexibility index (Phi) is 8.32. The molecule has 0 fully saturated rings. The molecule has 2 amide bonds. The van der Waals surface area contributed by atoms with Crippen LogP contribution in [0.2, 0.25) is 0 Å². The number of rotatable bonds is 9. The number of ether oxygens (including phenoxy) is 3. The van der Waals surface area contributed by atoms with Crippen molar-refractivity contribution in [2.45, 2.75) is 26.8 Å². The van der Waals surface area contributed by atoms with Crippen molar-refractivity contribution >= 4 is 6.03 Å². The van der Waals surface area contributed by atoms with Gasteiger partial charge in [0.05, 0.1) is 25.9 Å². The average Bonchev–Trinajstić information content (AvgIpc) is 2.49. The lowest BCUT2D eigenvalue weighted by atomic mass is 10.0. The number of hydrogen-bond donors (Lipinski definition) is 2. The molecule has 2 N–H and O–H groups in total. The summed E-state index contributed by atoms with van der Waals surface area (Å²) in [5.74, 6) is 0.789. The van der Waals surface area contributed by atoms with E-state index in [9.17, 15) is 4.79 Å². The van der Waals surface area contributed by atoms with Gasteiger partial charge in [-0.15, -0.1) is 0 Å². The van der Waals surface area contributed by atoms with Gasteiger partial charge in [-0.1, -0.05) is 17.7 Å². The molecular weight excluding hydrogens is 284 g/mol. The van der Waals surface area contributed by atoms with Gasteiger partial charge in [-0.25, -0.2) is 4.79 Å². The topological polar surface area (TPSA) is 68.8 Å². The summed E-state index contributed by atoms with van der Waals surface area (Å²) >= 11 is 0. The molecule has 1 atom stereocenters. The van der Waals surface area contributed by atoms with Gasteiger partial charge in [0.25, 0.3) is 0 Å². The van der Waals surface area contributed by atoms with Gasteiger partial charge in [0.1, 0.15) is 12.5 Å². The van der Waals surface area contributed by atoms with Crippen LogP contribution in [-0.2, 0) is 9.47 Å². The van der Waals surface area contributed by atoms with E-state index in [0.717, 1.165) is 16.9 Å². The van der Waals surface area contributed by atoms with E-state index in [0.29, 0.717) is 19.8 Å². The summed E-state index contributed by atoms with van der Waals surface area (Å²) in [6, 6.07) is 5.49. The van der Waals surface area contributed by atoms with E-state index in [1.54, 1.807) is 7.11 Å². The molecule has 1 aromatic carbocycles. The van der Waals surface area contributed by atoms with Crippen LogP contribution in [0.4, 0.5) is 4.79 Å². The highest BCUT2D eigenvalue weighted by Crippen LogP contribution is 2.26. The van der Waals surface area contributed by atoms with E-state index in [1.165, 1.54) is 0 Å². The van der Waals surface area contributed by atoms with Crippen molar-refractivity contribution in [3.8, 4) is 5.75 Å². The smallest absolute Gasteiger partial charge is 0.317 e. The van der Waals surface area contributed by atoms with E-state index < -0.39 is 0 Å². The minimum atomic E-state index is -0.283. The van der Waals surface area contributed by atoms with Crippen molar-refractivity contribution in [3.63, 3.8) is 0 Å². The molecule has 6 heteroatoms. The van der Waals surface area contributed by atoms with Crippen molar-refractivity contribution < 1.29 is 19.0 Å². The maximum atomic E-state index is 11.8. The van der Waals surface area contributed by atoms with E-state index in [1.807, 2.05) is 39.0 Å². The number of aryl methyl sites for hydroxylation is 1. The molecular formula is C16H26N2O4. The first-order valence-electron chi connectivity index (χ1n) is 7.42. The molecule has 22 heavy (non-hydrogen) atoms. The van der Waals surface area contributed by atoms with Crippen LogP contribution in [0.15, 0.2) is 18.2 Å². The molecule has 1 aromatic rings. The fourth-order valence-corrected chi connectivity index (χ4v) is 1.95. The Morgan fingerprint density at radius 3 is 2.77 bits per heavy atom. The highest BCUT2D eigenvalue weighted by atomic mass is 16.5. The summed E-state index contributed by atoms with van der Waals surface area (Å²) < 4.78 is 15.7. The summed E-state index contributed by atoms with van der Waals surface area (Å²) in [5, 5.41) is 5.51. The number of hydrogen-bond acceptors (Lipinski definition) is 4. The lowest BCUT2D eigenvalue weighted by molar-refractivity contribution is 0.0641. The lowest BCUT2D eigenvalue weighted by Gasteiger charge is -2.19. The van der Waals surface area contributed by atoms with Gasteiger partial charge in [0, 0.05) is 12.7 Å². The molecule has 0 saturated heterocycles. The molecule has 0 aliphatic rings. The van der Waals surface area contributed by atoms with E-state index >= 15 is 0 Å². The maximum absolute atomic E-state index is 11.8. The Morgan fingerprint density at radius 1 is 1.32 bits per heavy atom. The largest absolute Gasteiger partial charge is 0.494 e. The standard InChI is InChI=1S/C16H26N2O4/c1-5-22-15-7-6-12(2)10-14(15)13(3)18-16(19)17-11-21-9-8-20-4/h6-7,10,13H,5,8-9,11H2,1-4H3,(H2,17,18,19). The second-order valence-electron chi connectivity index (χ2n) is 4.89. The monoisotopic (exact) mass is 310 g/mol. The van der Waals surface area contributed by atoms with E-state index in [4.69, 9.17) is 14.2 Å². The quantitative estimate of drug-likeness (QED) is 0.543. The first-order chi connectivity index (χ1) is 10.6. The van der Waals surface area contributed by atoms with Crippen LogP contribution in [0, 0.1) is 6.92 Å². The van der Waals surface area contributed by atoms with Gasteiger partial charge in [-0.05, 0) is 26.8 Å². The minimum absolute atomic E-state index is 0.147. The maximum Gasteiger partial charge on any atom is 0.317 e. The van der Waals surface area contributed by atoms with Crippen LogP contribution < -0.4 is 15.4 Å². The molecule has 0 bridgehead atoms. The molecule has 6 nitrogen and oxygen atoms in total. The third-order valence-electron chi connectivity index (χ3n) is 3.05. The molecule has 0 saturated carbocycles. The zero-order chi connectivity index (χ0) is 16.4. The number of urea groups is 1. The van der Waals surface area contributed by atoms with Crippen LogP contribution in [0.25, 0.3) is 0 Å². The second kappa shape index (κ2) is 10.0. The van der Waals surface area contributed by atoms with Crippen LogP contribution >= 0.6 is 0 Å². The minimum Gasteiger partial charge on any atom is -0.494 e. The third kappa shape index (κ3) is 6.32. The SMILES string of the molecule is CCOc1ccc(C)cc1C(C)NC(=O)NCOCCOC. The van der Waals surface area contributed by atoms with Gasteiger partial charge in [0.15, 0.2) is 0 Å². The zero-order valence-corrected chi connectivity index (χ0v) is 13.8. The van der Waals surface area contributed by atoms with Crippen molar-refractivity contribution in [1.82, 2.24) is 10.6 Å². The molecule has 1 rings (SSSR count). The first kappa shape index (κ1) is 18.3. The Hall–Kier alpha value is -1.79. The summed E-state index contributed by atoms with van der Waals surface area (Å²) in [5.41, 5.74) is 2.08. The Labute approximate surface area is 132 Å². The van der Waals surface area contributed by atoms with E-state index in [2.05, 4.69) is 10.6 Å². The van der Waals surface area contributed by atoms with Crippen LogP contribution in [0.1, 0.15) is 31.0 Å².